The van der Waals surface area contributed by atoms with Gasteiger partial charge in [0.05, 0.1) is 4.88 Å². The lowest BCUT2D eigenvalue weighted by Gasteiger charge is -1.99. The number of H-pyrrole nitrogens is 1. The molecule has 0 saturated heterocycles. The van der Waals surface area contributed by atoms with Crippen molar-refractivity contribution in [1.82, 2.24) is 9.97 Å². The van der Waals surface area contributed by atoms with E-state index in [1.54, 1.807) is 24.4 Å². The van der Waals surface area contributed by atoms with Crippen molar-refractivity contribution in [2.24, 2.45) is 0 Å². The van der Waals surface area contributed by atoms with E-state index in [9.17, 15) is 9.90 Å². The molecule has 5 heteroatoms. The number of fused-ring (bicyclic) bond motifs is 1. The average Bonchev–Trinajstić information content (AvgIpc) is 3.22. The standard InChI is InChI=1S/C18H12N2O2S/c21-14-3-1-2-11(9-14)17(22)16-5-4-15(23-16)13-8-12-6-7-19-18(12)20-10-13/h1-10,21H,(H,19,20). The zero-order valence-corrected chi connectivity index (χ0v) is 12.8. The molecule has 0 aliphatic heterocycles. The van der Waals surface area contributed by atoms with Crippen molar-refractivity contribution >= 4 is 28.2 Å². The lowest BCUT2D eigenvalue weighted by atomic mass is 10.1. The second-order valence-electron chi connectivity index (χ2n) is 5.18. The monoisotopic (exact) mass is 320 g/mol. The Balaban J connectivity index is 1.69. The number of carbonyl (C=O) groups is 1. The van der Waals surface area contributed by atoms with E-state index in [1.807, 2.05) is 30.5 Å². The highest BCUT2D eigenvalue weighted by atomic mass is 32.1. The number of nitrogens with zero attached hydrogens (tertiary/aromatic N) is 1. The third kappa shape index (κ3) is 2.51. The van der Waals surface area contributed by atoms with E-state index in [1.165, 1.54) is 17.4 Å². The number of thiophene rings is 1. The number of ketones is 1. The Hall–Kier alpha value is -2.92. The molecule has 0 saturated carbocycles. The molecule has 4 nitrogen and oxygen atoms in total. The summed E-state index contributed by atoms with van der Waals surface area (Å²) in [4.78, 5) is 21.6. The van der Waals surface area contributed by atoms with Crippen LogP contribution in [0.25, 0.3) is 21.5 Å². The normalized spacial score (nSPS) is 11.0. The van der Waals surface area contributed by atoms with Crippen LogP contribution in [0.4, 0.5) is 0 Å². The zero-order valence-electron chi connectivity index (χ0n) is 12.0. The largest absolute Gasteiger partial charge is 0.508 e. The Morgan fingerprint density at radius 2 is 2.04 bits per heavy atom. The van der Waals surface area contributed by atoms with Gasteiger partial charge >= 0.3 is 0 Å². The number of rotatable bonds is 3. The third-order valence-corrected chi connectivity index (χ3v) is 4.76. The van der Waals surface area contributed by atoms with Gasteiger partial charge in [0, 0.05) is 33.8 Å². The van der Waals surface area contributed by atoms with Gasteiger partial charge in [-0.3, -0.25) is 4.79 Å². The maximum Gasteiger partial charge on any atom is 0.203 e. The van der Waals surface area contributed by atoms with E-state index >= 15 is 0 Å². The maximum absolute atomic E-state index is 12.5. The quantitative estimate of drug-likeness (QED) is 0.555. The second-order valence-corrected chi connectivity index (χ2v) is 6.27. The molecular formula is C18H12N2O2S. The number of aromatic nitrogens is 2. The SMILES string of the molecule is O=C(c1cccc(O)c1)c1ccc(-c2cnc3[nH]ccc3c2)s1. The molecule has 3 heterocycles. The minimum absolute atomic E-state index is 0.0900. The topological polar surface area (TPSA) is 66.0 Å². The number of hydrogen-bond donors (Lipinski definition) is 2. The van der Waals surface area contributed by atoms with Crippen molar-refractivity contribution in [3.63, 3.8) is 0 Å². The number of benzene rings is 1. The second kappa shape index (κ2) is 5.37. The minimum Gasteiger partial charge on any atom is -0.508 e. The molecule has 4 rings (SSSR count). The summed E-state index contributed by atoms with van der Waals surface area (Å²) in [5.74, 6) is 0.00238. The van der Waals surface area contributed by atoms with Gasteiger partial charge < -0.3 is 10.1 Å². The van der Waals surface area contributed by atoms with Gasteiger partial charge in [-0.05, 0) is 36.4 Å². The van der Waals surface area contributed by atoms with Gasteiger partial charge in [0.15, 0.2) is 0 Å². The van der Waals surface area contributed by atoms with Crippen molar-refractivity contribution in [2.45, 2.75) is 0 Å². The lowest BCUT2D eigenvalue weighted by molar-refractivity contribution is 0.104. The predicted octanol–water partition coefficient (Wildman–Crippen LogP) is 4.23. The smallest absolute Gasteiger partial charge is 0.203 e. The van der Waals surface area contributed by atoms with Gasteiger partial charge in [-0.1, -0.05) is 12.1 Å². The highest BCUT2D eigenvalue weighted by Crippen LogP contribution is 2.30. The molecule has 1 aromatic carbocycles. The van der Waals surface area contributed by atoms with Crippen LogP contribution in [0.1, 0.15) is 15.2 Å². The molecular weight excluding hydrogens is 308 g/mol. The number of nitrogens with one attached hydrogen (secondary N) is 1. The van der Waals surface area contributed by atoms with Crippen LogP contribution >= 0.6 is 11.3 Å². The van der Waals surface area contributed by atoms with Gasteiger partial charge in [0.2, 0.25) is 5.78 Å². The van der Waals surface area contributed by atoms with Crippen LogP contribution in [0.5, 0.6) is 5.75 Å². The molecule has 0 atom stereocenters. The summed E-state index contributed by atoms with van der Waals surface area (Å²) in [7, 11) is 0. The van der Waals surface area contributed by atoms with Crippen molar-refractivity contribution in [3.8, 4) is 16.2 Å². The van der Waals surface area contributed by atoms with Crippen LogP contribution in [0, 0.1) is 0 Å². The zero-order chi connectivity index (χ0) is 15.8. The summed E-state index contributed by atoms with van der Waals surface area (Å²) in [5.41, 5.74) is 2.32. The van der Waals surface area contributed by atoms with Crippen LogP contribution in [-0.2, 0) is 0 Å². The van der Waals surface area contributed by atoms with E-state index < -0.39 is 0 Å². The fraction of sp³-hybridized carbons (Fsp3) is 0. The average molecular weight is 320 g/mol. The van der Waals surface area contributed by atoms with Gasteiger partial charge in [-0.2, -0.15) is 0 Å². The van der Waals surface area contributed by atoms with Crippen LogP contribution in [0.15, 0.2) is 60.9 Å². The fourth-order valence-corrected chi connectivity index (χ4v) is 3.43. The van der Waals surface area contributed by atoms with Gasteiger partial charge in [-0.25, -0.2) is 4.98 Å². The van der Waals surface area contributed by atoms with Gasteiger partial charge in [0.25, 0.3) is 0 Å². The molecule has 0 aliphatic rings. The van der Waals surface area contributed by atoms with Crippen LogP contribution in [-0.4, -0.2) is 20.9 Å². The summed E-state index contributed by atoms with van der Waals surface area (Å²) in [6.45, 7) is 0. The van der Waals surface area contributed by atoms with Gasteiger partial charge in [-0.15, -0.1) is 11.3 Å². The number of hydrogen-bond acceptors (Lipinski definition) is 4. The first kappa shape index (κ1) is 13.7. The summed E-state index contributed by atoms with van der Waals surface area (Å²) in [5, 5.41) is 10.6. The predicted molar refractivity (Wildman–Crippen MR) is 90.9 cm³/mol. The first-order valence-corrected chi connectivity index (χ1v) is 7.89. The van der Waals surface area contributed by atoms with E-state index in [0.29, 0.717) is 10.4 Å². The van der Waals surface area contributed by atoms with Crippen molar-refractivity contribution in [2.75, 3.05) is 0 Å². The van der Waals surface area contributed by atoms with E-state index in [4.69, 9.17) is 0 Å². The van der Waals surface area contributed by atoms with Crippen molar-refractivity contribution < 1.29 is 9.90 Å². The van der Waals surface area contributed by atoms with Crippen molar-refractivity contribution in [3.05, 3.63) is 71.4 Å². The molecule has 0 spiro atoms. The van der Waals surface area contributed by atoms with E-state index in [2.05, 4.69) is 9.97 Å². The number of aromatic hydroxyl groups is 1. The first-order chi connectivity index (χ1) is 11.2. The maximum atomic E-state index is 12.5. The molecule has 0 amide bonds. The highest BCUT2D eigenvalue weighted by molar-refractivity contribution is 7.17. The number of phenolic OH excluding ortho intramolecular Hbond substituents is 1. The molecule has 2 N–H and O–H groups in total. The molecule has 4 aromatic rings. The third-order valence-electron chi connectivity index (χ3n) is 3.62. The van der Waals surface area contributed by atoms with E-state index in [0.717, 1.165) is 21.5 Å². The van der Waals surface area contributed by atoms with Gasteiger partial charge in [0.1, 0.15) is 11.4 Å². The Morgan fingerprint density at radius 3 is 2.91 bits per heavy atom. The molecule has 0 aliphatic carbocycles. The number of phenols is 1. The minimum atomic E-state index is -0.0900. The molecule has 0 radical (unpaired) electrons. The Morgan fingerprint density at radius 1 is 1.13 bits per heavy atom. The Labute approximate surface area is 136 Å². The van der Waals surface area contributed by atoms with Crippen LogP contribution in [0.2, 0.25) is 0 Å². The van der Waals surface area contributed by atoms with Crippen LogP contribution < -0.4 is 0 Å². The molecule has 3 aromatic heterocycles. The fourth-order valence-electron chi connectivity index (χ4n) is 2.48. The number of carbonyl (C=O) groups excluding carboxylic acids is 1. The summed E-state index contributed by atoms with van der Waals surface area (Å²) in [6, 6.07) is 14.2. The number of pyridine rings is 1. The molecule has 0 unspecified atom stereocenters. The Bertz CT molecular complexity index is 1020. The molecule has 112 valence electrons. The first-order valence-electron chi connectivity index (χ1n) is 7.08. The molecule has 0 bridgehead atoms. The lowest BCUT2D eigenvalue weighted by Crippen LogP contribution is -1.97. The summed E-state index contributed by atoms with van der Waals surface area (Å²) < 4.78 is 0. The number of aromatic amines is 1. The van der Waals surface area contributed by atoms with Crippen molar-refractivity contribution in [1.29, 1.82) is 0 Å². The Kier molecular flexibility index (Phi) is 3.20. The van der Waals surface area contributed by atoms with Crippen LogP contribution in [0.3, 0.4) is 0 Å². The summed E-state index contributed by atoms with van der Waals surface area (Å²) in [6.07, 6.45) is 3.65. The van der Waals surface area contributed by atoms with E-state index in [-0.39, 0.29) is 11.5 Å². The summed E-state index contributed by atoms with van der Waals surface area (Å²) >= 11 is 1.42. The highest BCUT2D eigenvalue weighted by Gasteiger charge is 2.13. The molecule has 23 heavy (non-hydrogen) atoms. The molecule has 0 fully saturated rings.